The number of rotatable bonds is 15. The summed E-state index contributed by atoms with van der Waals surface area (Å²) in [5.41, 5.74) is 0.711. The maximum atomic E-state index is 13.3. The van der Waals surface area contributed by atoms with Crippen LogP contribution in [0, 0.1) is 16.0 Å². The number of ether oxygens (including phenoxy) is 2. The van der Waals surface area contributed by atoms with Crippen molar-refractivity contribution in [2.24, 2.45) is 5.92 Å². The zero-order valence-corrected chi connectivity index (χ0v) is 31.1. The van der Waals surface area contributed by atoms with Crippen molar-refractivity contribution in [3.05, 3.63) is 88.5 Å². The van der Waals surface area contributed by atoms with Crippen molar-refractivity contribution in [2.45, 2.75) is 36.1 Å². The number of nitro groups is 1. The molecule has 2 fully saturated rings. The van der Waals surface area contributed by atoms with Crippen LogP contribution in [-0.4, -0.2) is 113 Å². The van der Waals surface area contributed by atoms with Gasteiger partial charge in [0.15, 0.2) is 0 Å². The maximum Gasteiger partial charge on any atom is 0.409 e. The number of sulfonamides is 1. The van der Waals surface area contributed by atoms with Gasteiger partial charge in [-0.3, -0.25) is 19.8 Å². The van der Waals surface area contributed by atoms with Gasteiger partial charge in [0.1, 0.15) is 5.69 Å². The van der Waals surface area contributed by atoms with E-state index in [9.17, 15) is 28.1 Å². The Morgan fingerprint density at radius 3 is 2.31 bits per heavy atom. The second-order valence-corrected chi connectivity index (χ2v) is 15.8. The van der Waals surface area contributed by atoms with Crippen LogP contribution in [0.15, 0.2) is 82.6 Å². The molecule has 3 aromatic carbocycles. The number of nitrogens with one attached hydrogen (secondary N) is 2. The van der Waals surface area contributed by atoms with Gasteiger partial charge in [-0.05, 0) is 60.9 Å². The number of hydrogen-bond donors (Lipinski definition) is 2. The molecular weight excluding hydrogens is 709 g/mol. The van der Waals surface area contributed by atoms with Gasteiger partial charge >= 0.3 is 6.09 Å². The lowest BCUT2D eigenvalue weighted by Gasteiger charge is -2.35. The Bertz CT molecular complexity index is 1760. The predicted octanol–water partition coefficient (Wildman–Crippen LogP) is 4.92. The summed E-state index contributed by atoms with van der Waals surface area (Å²) in [4.78, 5) is 43.6. The lowest BCUT2D eigenvalue weighted by molar-refractivity contribution is -0.384. The second kappa shape index (κ2) is 18.4. The van der Waals surface area contributed by atoms with Crippen molar-refractivity contribution in [2.75, 3.05) is 81.6 Å². The highest BCUT2D eigenvalue weighted by atomic mass is 32.2. The molecule has 16 heteroatoms. The Kier molecular flexibility index (Phi) is 13.7. The topological polar surface area (TPSA) is 164 Å². The van der Waals surface area contributed by atoms with Crippen molar-refractivity contribution in [1.82, 2.24) is 14.5 Å². The van der Waals surface area contributed by atoms with E-state index in [1.165, 1.54) is 24.3 Å². The molecular formula is C36H46N6O8S2. The molecule has 0 saturated carbocycles. The van der Waals surface area contributed by atoms with Crippen molar-refractivity contribution in [3.63, 3.8) is 0 Å². The largest absolute Gasteiger partial charge is 0.449 e. The number of anilines is 2. The molecule has 0 bridgehead atoms. The molecule has 5 rings (SSSR count). The van der Waals surface area contributed by atoms with Gasteiger partial charge in [0.25, 0.3) is 21.6 Å². The minimum atomic E-state index is -4.45. The summed E-state index contributed by atoms with van der Waals surface area (Å²) < 4.78 is 39.4. The number of carbonyl (C=O) groups is 2. The van der Waals surface area contributed by atoms with Crippen molar-refractivity contribution >= 4 is 50.8 Å². The van der Waals surface area contributed by atoms with E-state index in [1.54, 1.807) is 28.8 Å². The summed E-state index contributed by atoms with van der Waals surface area (Å²) in [5, 5.41) is 15.5. The molecule has 2 aliphatic rings. The number of hydrogen-bond acceptors (Lipinski definition) is 12. The first kappa shape index (κ1) is 38.8. The van der Waals surface area contributed by atoms with Crippen LogP contribution in [0.3, 0.4) is 0 Å². The third-order valence-electron chi connectivity index (χ3n) is 8.73. The van der Waals surface area contributed by atoms with E-state index >= 15 is 0 Å². The summed E-state index contributed by atoms with van der Waals surface area (Å²) in [5.74, 6) is 0.0143. The molecule has 2 saturated heterocycles. The molecule has 52 heavy (non-hydrogen) atoms. The van der Waals surface area contributed by atoms with Crippen molar-refractivity contribution < 1.29 is 32.4 Å². The molecule has 3 aromatic rings. The lowest BCUT2D eigenvalue weighted by Crippen LogP contribution is -2.49. The third-order valence-corrected chi connectivity index (χ3v) is 11.2. The van der Waals surface area contributed by atoms with E-state index in [0.717, 1.165) is 36.3 Å². The molecule has 1 atom stereocenters. The van der Waals surface area contributed by atoms with E-state index < -0.39 is 31.4 Å². The van der Waals surface area contributed by atoms with Gasteiger partial charge in [-0.1, -0.05) is 32.0 Å². The average molecular weight is 755 g/mol. The number of carbonyl (C=O) groups excluding carboxylic acids is 2. The number of nitrogens with zero attached hydrogens (tertiary/aromatic N) is 4. The Hall–Kier alpha value is -4.38. The van der Waals surface area contributed by atoms with Crippen LogP contribution in [-0.2, 0) is 19.5 Å². The Balaban J connectivity index is 1.21. The van der Waals surface area contributed by atoms with Gasteiger partial charge in [-0.25, -0.2) is 17.9 Å². The molecule has 2 N–H and O–H groups in total. The number of benzene rings is 3. The van der Waals surface area contributed by atoms with Crippen LogP contribution < -0.4 is 14.9 Å². The molecule has 2 amide bonds. The fourth-order valence-corrected chi connectivity index (χ4v) is 7.77. The van der Waals surface area contributed by atoms with Crippen LogP contribution in [0.5, 0.6) is 0 Å². The number of piperazine rings is 1. The minimum Gasteiger partial charge on any atom is -0.449 e. The molecule has 0 unspecified atom stereocenters. The smallest absolute Gasteiger partial charge is 0.409 e. The van der Waals surface area contributed by atoms with E-state index in [0.29, 0.717) is 58.2 Å². The van der Waals surface area contributed by atoms with Crippen molar-refractivity contribution in [3.8, 4) is 0 Å². The molecule has 0 radical (unpaired) electrons. The van der Waals surface area contributed by atoms with Crippen molar-refractivity contribution in [1.29, 1.82) is 0 Å². The molecule has 2 heterocycles. The summed E-state index contributed by atoms with van der Waals surface area (Å²) in [7, 11) is -4.45. The van der Waals surface area contributed by atoms with Gasteiger partial charge in [-0.15, -0.1) is 11.8 Å². The molecule has 2 aliphatic heterocycles. The van der Waals surface area contributed by atoms with Gasteiger partial charge in [0.05, 0.1) is 29.6 Å². The zero-order valence-electron chi connectivity index (χ0n) is 29.4. The standard InChI is InChI=1S/C36H46N6O8S2/c1-27(2)25-50-36(44)41-18-16-40(17-19-41)30-10-8-28(9-11-30)35(43)38-52(47,48)32-12-13-33(34(24-32)42(45)46)37-29(14-15-39-20-22-49-23-21-39)26-51-31-6-4-3-5-7-31/h3-13,24,27,29,37H,14-23,25-26H2,1-2H3,(H,38,43)/t29-/m1/s1. The number of morpholine rings is 1. The lowest BCUT2D eigenvalue weighted by atomic mass is 10.1. The maximum absolute atomic E-state index is 13.3. The first-order valence-corrected chi connectivity index (χ1v) is 19.8. The predicted molar refractivity (Wildman–Crippen MR) is 201 cm³/mol. The van der Waals surface area contributed by atoms with E-state index in [1.807, 2.05) is 48.9 Å². The second-order valence-electron chi connectivity index (χ2n) is 13.1. The monoisotopic (exact) mass is 754 g/mol. The van der Waals surface area contributed by atoms with Crippen LogP contribution >= 0.6 is 11.8 Å². The Labute approximate surface area is 309 Å². The summed E-state index contributed by atoms with van der Waals surface area (Å²) in [6.45, 7) is 10.2. The van der Waals surface area contributed by atoms with Crippen LogP contribution in [0.2, 0.25) is 0 Å². The van der Waals surface area contributed by atoms with Gasteiger partial charge in [-0.2, -0.15) is 0 Å². The first-order chi connectivity index (χ1) is 25.0. The molecule has 280 valence electrons. The minimum absolute atomic E-state index is 0.107. The summed E-state index contributed by atoms with van der Waals surface area (Å²) in [6, 6.07) is 19.8. The highest BCUT2D eigenvalue weighted by Gasteiger charge is 2.26. The summed E-state index contributed by atoms with van der Waals surface area (Å²) >= 11 is 1.63. The third kappa shape index (κ3) is 11.1. The first-order valence-electron chi connectivity index (χ1n) is 17.4. The summed E-state index contributed by atoms with van der Waals surface area (Å²) in [6.07, 6.45) is 0.370. The average Bonchev–Trinajstić information content (AvgIpc) is 3.15. The Morgan fingerprint density at radius 2 is 1.65 bits per heavy atom. The van der Waals surface area contributed by atoms with Crippen LogP contribution in [0.4, 0.5) is 21.9 Å². The highest BCUT2D eigenvalue weighted by Crippen LogP contribution is 2.30. The molecule has 14 nitrogen and oxygen atoms in total. The molecule has 0 aliphatic carbocycles. The van der Waals surface area contributed by atoms with E-state index in [2.05, 4.69) is 15.1 Å². The number of thioether (sulfide) groups is 1. The van der Waals surface area contributed by atoms with Gasteiger partial charge in [0, 0.05) is 79.8 Å². The number of nitro benzene ring substituents is 1. The van der Waals surface area contributed by atoms with E-state index in [-0.39, 0.29) is 29.3 Å². The van der Waals surface area contributed by atoms with E-state index in [4.69, 9.17) is 9.47 Å². The Morgan fingerprint density at radius 1 is 0.962 bits per heavy atom. The SMILES string of the molecule is CC(C)COC(=O)N1CCN(c2ccc(C(=O)NS(=O)(=O)c3ccc(N[C@H](CCN4CCOCC4)CSc4ccccc4)c([N+](=O)[O-])c3)cc2)CC1. The molecule has 0 spiro atoms. The zero-order chi connectivity index (χ0) is 37.1. The van der Waals surface area contributed by atoms with Gasteiger partial charge in [0.2, 0.25) is 0 Å². The number of amides is 2. The fourth-order valence-electron chi connectivity index (χ4n) is 5.79. The van der Waals surface area contributed by atoms with Gasteiger partial charge < -0.3 is 24.6 Å². The molecule has 0 aromatic heterocycles. The highest BCUT2D eigenvalue weighted by molar-refractivity contribution is 7.99. The fraction of sp³-hybridized carbons (Fsp3) is 0.444. The van der Waals surface area contributed by atoms with Crippen LogP contribution in [0.1, 0.15) is 30.6 Å². The van der Waals surface area contributed by atoms with Crippen LogP contribution in [0.25, 0.3) is 0 Å². The quantitative estimate of drug-likeness (QED) is 0.123. The normalized spacial score (nSPS) is 16.0.